The molecule has 1 aromatic heterocycles. The van der Waals surface area contributed by atoms with Crippen LogP contribution in [-0.4, -0.2) is 16.3 Å². The molecule has 3 aromatic rings. The van der Waals surface area contributed by atoms with Crippen LogP contribution >= 0.6 is 0 Å². The van der Waals surface area contributed by atoms with E-state index in [4.69, 9.17) is 4.74 Å². The van der Waals surface area contributed by atoms with Crippen LogP contribution in [0.3, 0.4) is 0 Å². The molecule has 1 spiro atoms. The molecule has 1 saturated carbocycles. The standard InChI is InChI=1S/C25H28FNO2/c1-15-10-11-25(13-15)22-21-19(6-5-7-20(21)28)27(23(22)24(3,4)14-29-25)17-8-9-18(26)16(2)12-17/h5-9,12,15,28H,10-11,13-14H2,1-4H3/t15-,25+/m0/s1. The molecular weight excluding hydrogens is 365 g/mol. The molecule has 0 saturated heterocycles. The van der Waals surface area contributed by atoms with Crippen LogP contribution in [0.25, 0.3) is 16.6 Å². The predicted octanol–water partition coefficient (Wildman–Crippen LogP) is 6.11. The van der Waals surface area contributed by atoms with Crippen molar-refractivity contribution in [1.29, 1.82) is 0 Å². The number of benzene rings is 2. The zero-order valence-electron chi connectivity index (χ0n) is 17.6. The molecule has 1 aliphatic heterocycles. The molecule has 0 amide bonds. The van der Waals surface area contributed by atoms with Gasteiger partial charge in [-0.1, -0.05) is 26.8 Å². The van der Waals surface area contributed by atoms with Gasteiger partial charge in [0.1, 0.15) is 11.6 Å². The fourth-order valence-electron chi connectivity index (χ4n) is 5.51. The SMILES string of the molecule is Cc1cc(-n2c3c(c4c(O)cccc42)[C@]2(CC[C@H](C)C2)OCC3(C)C)ccc1F. The average molecular weight is 394 g/mol. The molecule has 2 aromatic carbocycles. The molecule has 3 nitrogen and oxygen atoms in total. The highest BCUT2D eigenvalue weighted by Gasteiger charge is 2.51. The van der Waals surface area contributed by atoms with Crippen LogP contribution in [-0.2, 0) is 15.8 Å². The molecule has 29 heavy (non-hydrogen) atoms. The van der Waals surface area contributed by atoms with Gasteiger partial charge in [-0.05, 0) is 68.0 Å². The Labute approximate surface area is 171 Å². The van der Waals surface area contributed by atoms with Crippen LogP contribution in [0.1, 0.15) is 56.9 Å². The Morgan fingerprint density at radius 3 is 2.69 bits per heavy atom. The van der Waals surface area contributed by atoms with Crippen molar-refractivity contribution < 1.29 is 14.2 Å². The van der Waals surface area contributed by atoms with Crippen molar-refractivity contribution in [2.45, 2.75) is 58.0 Å². The first kappa shape index (κ1) is 18.7. The summed E-state index contributed by atoms with van der Waals surface area (Å²) in [6, 6.07) is 11.0. The van der Waals surface area contributed by atoms with Crippen molar-refractivity contribution in [3.05, 3.63) is 59.0 Å². The number of phenols is 1. The smallest absolute Gasteiger partial charge is 0.126 e. The first-order valence-electron chi connectivity index (χ1n) is 10.5. The van der Waals surface area contributed by atoms with Gasteiger partial charge in [-0.15, -0.1) is 0 Å². The number of nitrogens with zero attached hydrogens (tertiary/aromatic N) is 1. The van der Waals surface area contributed by atoms with Crippen molar-refractivity contribution in [2.24, 2.45) is 5.92 Å². The van der Waals surface area contributed by atoms with Gasteiger partial charge < -0.3 is 14.4 Å². The number of rotatable bonds is 1. The molecule has 2 aliphatic rings. The first-order chi connectivity index (χ1) is 13.7. The van der Waals surface area contributed by atoms with Crippen LogP contribution in [0, 0.1) is 18.7 Å². The Kier molecular flexibility index (Phi) is 3.92. The maximum atomic E-state index is 14.0. The summed E-state index contributed by atoms with van der Waals surface area (Å²) in [7, 11) is 0. The number of aromatic hydroxyl groups is 1. The van der Waals surface area contributed by atoms with Gasteiger partial charge in [-0.3, -0.25) is 0 Å². The van der Waals surface area contributed by atoms with E-state index >= 15 is 0 Å². The molecule has 0 bridgehead atoms. The topological polar surface area (TPSA) is 34.4 Å². The van der Waals surface area contributed by atoms with Crippen molar-refractivity contribution in [3.63, 3.8) is 0 Å². The van der Waals surface area contributed by atoms with Crippen molar-refractivity contribution in [2.75, 3.05) is 6.61 Å². The third kappa shape index (κ3) is 2.58. The monoisotopic (exact) mass is 393 g/mol. The van der Waals surface area contributed by atoms with Crippen LogP contribution in [0.5, 0.6) is 5.75 Å². The van der Waals surface area contributed by atoms with Crippen molar-refractivity contribution in [1.82, 2.24) is 4.57 Å². The van der Waals surface area contributed by atoms with E-state index in [0.29, 0.717) is 18.1 Å². The van der Waals surface area contributed by atoms with Gasteiger partial charge in [0.05, 0.1) is 17.7 Å². The molecule has 0 radical (unpaired) electrons. The molecule has 2 atom stereocenters. The minimum absolute atomic E-state index is 0.203. The van der Waals surface area contributed by atoms with Gasteiger partial charge in [-0.2, -0.15) is 0 Å². The molecule has 1 fully saturated rings. The van der Waals surface area contributed by atoms with E-state index in [1.54, 1.807) is 13.0 Å². The van der Waals surface area contributed by atoms with Crippen LogP contribution < -0.4 is 0 Å². The second-order valence-electron chi connectivity index (χ2n) is 9.68. The molecule has 152 valence electrons. The van der Waals surface area contributed by atoms with E-state index in [1.807, 2.05) is 24.3 Å². The third-order valence-electron chi connectivity index (χ3n) is 6.90. The minimum atomic E-state index is -0.359. The summed E-state index contributed by atoms with van der Waals surface area (Å²) in [6.45, 7) is 9.09. The Hall–Kier alpha value is -2.33. The molecule has 2 heterocycles. The van der Waals surface area contributed by atoms with Gasteiger partial charge in [-0.25, -0.2) is 4.39 Å². The molecule has 1 N–H and O–H groups in total. The highest BCUT2D eigenvalue weighted by Crippen LogP contribution is 2.56. The molecule has 5 rings (SSSR count). The van der Waals surface area contributed by atoms with Crippen LogP contribution in [0.15, 0.2) is 36.4 Å². The number of ether oxygens (including phenoxy) is 1. The van der Waals surface area contributed by atoms with E-state index in [1.165, 1.54) is 11.8 Å². The fourth-order valence-corrected chi connectivity index (χ4v) is 5.51. The van der Waals surface area contributed by atoms with Crippen LogP contribution in [0.2, 0.25) is 0 Å². The van der Waals surface area contributed by atoms with Crippen molar-refractivity contribution >= 4 is 10.9 Å². The third-order valence-corrected chi connectivity index (χ3v) is 6.90. The summed E-state index contributed by atoms with van der Waals surface area (Å²) in [5.41, 5.74) is 4.22. The molecule has 1 aliphatic carbocycles. The molecule has 4 heteroatoms. The van der Waals surface area contributed by atoms with Gasteiger partial charge >= 0.3 is 0 Å². The van der Waals surface area contributed by atoms with Gasteiger partial charge in [0.25, 0.3) is 0 Å². The van der Waals surface area contributed by atoms with Gasteiger partial charge in [0, 0.05) is 27.7 Å². The number of aryl methyl sites for hydroxylation is 1. The quantitative estimate of drug-likeness (QED) is 0.541. The normalized spacial score (nSPS) is 25.6. The second kappa shape index (κ2) is 6.09. The molecular formula is C25H28FNO2. The lowest BCUT2D eigenvalue weighted by molar-refractivity contribution is -0.0819. The Morgan fingerprint density at radius 1 is 1.21 bits per heavy atom. The lowest BCUT2D eigenvalue weighted by Gasteiger charge is -2.43. The summed E-state index contributed by atoms with van der Waals surface area (Å²) in [6.07, 6.45) is 3.05. The van der Waals surface area contributed by atoms with E-state index < -0.39 is 0 Å². The zero-order valence-corrected chi connectivity index (χ0v) is 17.6. The predicted molar refractivity (Wildman–Crippen MR) is 113 cm³/mol. The molecule has 0 unspecified atom stereocenters. The Bertz CT molecular complexity index is 1130. The minimum Gasteiger partial charge on any atom is -0.507 e. The maximum Gasteiger partial charge on any atom is 0.126 e. The fraction of sp³-hybridized carbons (Fsp3) is 0.440. The summed E-state index contributed by atoms with van der Waals surface area (Å²) < 4.78 is 22.9. The highest BCUT2D eigenvalue weighted by molar-refractivity contribution is 5.94. The lowest BCUT2D eigenvalue weighted by atomic mass is 9.76. The zero-order chi connectivity index (χ0) is 20.6. The summed E-state index contributed by atoms with van der Waals surface area (Å²) in [5, 5.41) is 11.8. The van der Waals surface area contributed by atoms with Crippen LogP contribution in [0.4, 0.5) is 4.39 Å². The summed E-state index contributed by atoms with van der Waals surface area (Å²) >= 11 is 0. The largest absolute Gasteiger partial charge is 0.507 e. The van der Waals surface area contributed by atoms with E-state index in [0.717, 1.165) is 41.4 Å². The van der Waals surface area contributed by atoms with Crippen molar-refractivity contribution in [3.8, 4) is 11.4 Å². The number of aromatic nitrogens is 1. The van der Waals surface area contributed by atoms with E-state index in [9.17, 15) is 9.50 Å². The number of hydrogen-bond donors (Lipinski definition) is 1. The number of phenolic OH excluding ortho intramolecular Hbond substituents is 1. The van der Waals surface area contributed by atoms with E-state index in [-0.39, 0.29) is 22.6 Å². The van der Waals surface area contributed by atoms with Gasteiger partial charge in [0.15, 0.2) is 0 Å². The lowest BCUT2D eigenvalue weighted by Crippen LogP contribution is -2.42. The van der Waals surface area contributed by atoms with E-state index in [2.05, 4.69) is 25.3 Å². The Balaban J connectivity index is 1.93. The highest BCUT2D eigenvalue weighted by atomic mass is 19.1. The second-order valence-corrected chi connectivity index (χ2v) is 9.68. The number of hydrogen-bond acceptors (Lipinski definition) is 2. The number of fused-ring (bicyclic) bond motifs is 4. The maximum absolute atomic E-state index is 14.0. The summed E-state index contributed by atoms with van der Waals surface area (Å²) in [4.78, 5) is 0. The first-order valence-corrected chi connectivity index (χ1v) is 10.5. The Morgan fingerprint density at radius 2 is 2.00 bits per heavy atom. The summed E-state index contributed by atoms with van der Waals surface area (Å²) in [5.74, 6) is 0.670. The van der Waals surface area contributed by atoms with Gasteiger partial charge in [0.2, 0.25) is 0 Å². The average Bonchev–Trinajstić information content (AvgIpc) is 3.22. The number of halogens is 1.